The number of hydrogen-bond donors (Lipinski definition) is 1. The predicted molar refractivity (Wildman–Crippen MR) is 78.2 cm³/mol. The van der Waals surface area contributed by atoms with Gasteiger partial charge in [-0.15, -0.1) is 0 Å². The van der Waals surface area contributed by atoms with Crippen molar-refractivity contribution in [2.24, 2.45) is 0 Å². The van der Waals surface area contributed by atoms with Gasteiger partial charge in [0, 0.05) is 18.1 Å². The number of nitrogen functional groups attached to an aromatic ring is 1. The van der Waals surface area contributed by atoms with Crippen LogP contribution in [0.15, 0.2) is 48.8 Å². The molecule has 0 spiro atoms. The second-order valence-corrected chi connectivity index (χ2v) is 4.91. The van der Waals surface area contributed by atoms with Crippen LogP contribution >= 0.6 is 0 Å². The molecule has 0 amide bonds. The summed E-state index contributed by atoms with van der Waals surface area (Å²) in [5, 5.41) is 0. The Morgan fingerprint density at radius 1 is 1.11 bits per heavy atom. The maximum atomic E-state index is 5.85. The van der Waals surface area contributed by atoms with Crippen molar-refractivity contribution < 1.29 is 0 Å². The summed E-state index contributed by atoms with van der Waals surface area (Å²) in [4.78, 5) is 4.68. The molecule has 0 aliphatic heterocycles. The van der Waals surface area contributed by atoms with Crippen LogP contribution in [-0.2, 0) is 12.8 Å². The zero-order valence-electron chi connectivity index (χ0n) is 11.0. The van der Waals surface area contributed by atoms with Crippen molar-refractivity contribution in [1.29, 1.82) is 0 Å². The summed E-state index contributed by atoms with van der Waals surface area (Å²) in [6.45, 7) is 2.04. The van der Waals surface area contributed by atoms with E-state index in [0.29, 0.717) is 0 Å². The van der Waals surface area contributed by atoms with Gasteiger partial charge in [0.2, 0.25) is 0 Å². The molecular weight excluding hydrogens is 234 g/mol. The Kier molecular flexibility index (Phi) is 2.95. The molecule has 0 bridgehead atoms. The average molecular weight is 251 g/mol. The van der Waals surface area contributed by atoms with E-state index in [-0.39, 0.29) is 0 Å². The highest BCUT2D eigenvalue weighted by molar-refractivity contribution is 5.55. The van der Waals surface area contributed by atoms with Crippen molar-refractivity contribution in [3.8, 4) is 0 Å². The van der Waals surface area contributed by atoms with E-state index >= 15 is 0 Å². The lowest BCUT2D eigenvalue weighted by Gasteiger charge is -1.98. The molecule has 3 nitrogen and oxygen atoms in total. The Labute approximate surface area is 112 Å². The van der Waals surface area contributed by atoms with Crippen molar-refractivity contribution >= 4 is 11.3 Å². The largest absolute Gasteiger partial charge is 0.398 e. The molecule has 96 valence electrons. The molecule has 0 unspecified atom stereocenters. The Bertz CT molecular complexity index is 699. The summed E-state index contributed by atoms with van der Waals surface area (Å²) in [5.41, 5.74) is 11.2. The lowest BCUT2D eigenvalue weighted by molar-refractivity contribution is 0.927. The normalized spacial score (nSPS) is 11.0. The molecule has 0 saturated carbocycles. The highest BCUT2D eigenvalue weighted by Gasteiger charge is 2.05. The van der Waals surface area contributed by atoms with E-state index in [1.54, 1.807) is 0 Å². The minimum Gasteiger partial charge on any atom is -0.398 e. The average Bonchev–Trinajstić information content (AvgIpc) is 2.81. The van der Waals surface area contributed by atoms with Gasteiger partial charge < -0.3 is 10.1 Å². The first-order valence-corrected chi connectivity index (χ1v) is 6.50. The quantitative estimate of drug-likeness (QED) is 0.777. The first-order valence-electron chi connectivity index (χ1n) is 6.50. The molecule has 0 radical (unpaired) electrons. The molecule has 0 aliphatic rings. The van der Waals surface area contributed by atoms with Crippen LogP contribution in [0.5, 0.6) is 0 Å². The summed E-state index contributed by atoms with van der Waals surface area (Å²) in [6.07, 6.45) is 5.95. The van der Waals surface area contributed by atoms with E-state index in [1.165, 1.54) is 5.56 Å². The molecule has 0 saturated heterocycles. The zero-order chi connectivity index (χ0) is 13.2. The number of aromatic nitrogens is 2. The van der Waals surface area contributed by atoms with E-state index in [2.05, 4.69) is 35.4 Å². The van der Waals surface area contributed by atoms with Crippen LogP contribution in [0.3, 0.4) is 0 Å². The second-order valence-electron chi connectivity index (χ2n) is 4.91. The van der Waals surface area contributed by atoms with Gasteiger partial charge in [-0.05, 0) is 37.0 Å². The van der Waals surface area contributed by atoms with Crippen molar-refractivity contribution in [3.05, 3.63) is 65.6 Å². The van der Waals surface area contributed by atoms with Crippen molar-refractivity contribution in [2.75, 3.05) is 5.73 Å². The summed E-state index contributed by atoms with van der Waals surface area (Å²) >= 11 is 0. The number of benzene rings is 1. The molecule has 3 rings (SSSR count). The van der Waals surface area contributed by atoms with Gasteiger partial charge in [0.05, 0.1) is 5.69 Å². The van der Waals surface area contributed by atoms with Crippen molar-refractivity contribution in [1.82, 2.24) is 9.38 Å². The number of imidazole rings is 1. The fourth-order valence-electron chi connectivity index (χ4n) is 2.38. The number of pyridine rings is 1. The molecule has 3 aromatic rings. The molecule has 1 aromatic carbocycles. The third-order valence-corrected chi connectivity index (χ3v) is 3.32. The maximum Gasteiger partial charge on any atom is 0.140 e. The first kappa shape index (κ1) is 11.8. The van der Waals surface area contributed by atoms with Gasteiger partial charge in [-0.25, -0.2) is 4.98 Å². The minimum absolute atomic E-state index is 0.775. The number of anilines is 1. The smallest absolute Gasteiger partial charge is 0.140 e. The van der Waals surface area contributed by atoms with Crippen LogP contribution in [0.1, 0.15) is 16.8 Å². The SMILES string of the molecule is Cc1cc(N)cn2cc(CCc3ccccc3)nc12. The summed E-state index contributed by atoms with van der Waals surface area (Å²) in [6, 6.07) is 12.5. The van der Waals surface area contributed by atoms with Gasteiger partial charge in [-0.3, -0.25) is 0 Å². The van der Waals surface area contributed by atoms with Gasteiger partial charge in [0.25, 0.3) is 0 Å². The third kappa shape index (κ3) is 2.45. The van der Waals surface area contributed by atoms with Gasteiger partial charge in [0.1, 0.15) is 5.65 Å². The standard InChI is InChI=1S/C16H17N3/c1-12-9-14(17)10-19-11-15(18-16(12)19)8-7-13-5-3-2-4-6-13/h2-6,9-11H,7-8,17H2,1H3. The number of nitrogens with two attached hydrogens (primary N) is 1. The van der Waals surface area contributed by atoms with Gasteiger partial charge in [0.15, 0.2) is 0 Å². The van der Waals surface area contributed by atoms with E-state index in [1.807, 2.05) is 29.7 Å². The molecule has 0 atom stereocenters. The highest BCUT2D eigenvalue weighted by Crippen LogP contribution is 2.15. The van der Waals surface area contributed by atoms with E-state index in [0.717, 1.165) is 35.4 Å². The molecule has 0 fully saturated rings. The maximum absolute atomic E-state index is 5.85. The number of rotatable bonds is 3. The monoisotopic (exact) mass is 251 g/mol. The summed E-state index contributed by atoms with van der Waals surface area (Å²) in [7, 11) is 0. The van der Waals surface area contributed by atoms with Gasteiger partial charge in [-0.2, -0.15) is 0 Å². The zero-order valence-corrected chi connectivity index (χ0v) is 11.0. The van der Waals surface area contributed by atoms with E-state index in [9.17, 15) is 0 Å². The predicted octanol–water partition coefficient (Wildman–Crippen LogP) is 3.01. The molecule has 2 heterocycles. The minimum atomic E-state index is 0.775. The van der Waals surface area contributed by atoms with Crippen LogP contribution in [-0.4, -0.2) is 9.38 Å². The Morgan fingerprint density at radius 3 is 2.68 bits per heavy atom. The van der Waals surface area contributed by atoms with Crippen molar-refractivity contribution in [2.45, 2.75) is 19.8 Å². The highest BCUT2D eigenvalue weighted by atomic mass is 15.0. The van der Waals surface area contributed by atoms with Crippen molar-refractivity contribution in [3.63, 3.8) is 0 Å². The molecule has 2 aromatic heterocycles. The molecule has 2 N–H and O–H groups in total. The summed E-state index contributed by atoms with van der Waals surface area (Å²) in [5.74, 6) is 0. The third-order valence-electron chi connectivity index (χ3n) is 3.32. The lowest BCUT2D eigenvalue weighted by Crippen LogP contribution is -1.92. The lowest BCUT2D eigenvalue weighted by atomic mass is 10.1. The van der Waals surface area contributed by atoms with E-state index < -0.39 is 0 Å². The topological polar surface area (TPSA) is 43.3 Å². The Hall–Kier alpha value is -2.29. The van der Waals surface area contributed by atoms with Crippen LogP contribution in [0.25, 0.3) is 5.65 Å². The van der Waals surface area contributed by atoms with Crippen LogP contribution in [0.2, 0.25) is 0 Å². The Balaban J connectivity index is 1.84. The van der Waals surface area contributed by atoms with Crippen LogP contribution in [0.4, 0.5) is 5.69 Å². The first-order chi connectivity index (χ1) is 9.22. The van der Waals surface area contributed by atoms with Gasteiger partial charge in [-0.1, -0.05) is 30.3 Å². The van der Waals surface area contributed by atoms with E-state index in [4.69, 9.17) is 5.73 Å². The fraction of sp³-hybridized carbons (Fsp3) is 0.188. The van der Waals surface area contributed by atoms with Gasteiger partial charge >= 0.3 is 0 Å². The Morgan fingerprint density at radius 2 is 1.89 bits per heavy atom. The number of nitrogens with zero attached hydrogens (tertiary/aromatic N) is 2. The molecule has 0 aliphatic carbocycles. The number of hydrogen-bond acceptors (Lipinski definition) is 2. The molecule has 3 heteroatoms. The number of aryl methyl sites for hydroxylation is 3. The second kappa shape index (κ2) is 4.76. The molecule has 19 heavy (non-hydrogen) atoms. The fourth-order valence-corrected chi connectivity index (χ4v) is 2.38. The number of fused-ring (bicyclic) bond motifs is 1. The van der Waals surface area contributed by atoms with Crippen LogP contribution < -0.4 is 5.73 Å². The summed E-state index contributed by atoms with van der Waals surface area (Å²) < 4.78 is 2.02. The van der Waals surface area contributed by atoms with Crippen LogP contribution in [0, 0.1) is 6.92 Å². The molecular formula is C16H17N3.